The maximum atomic E-state index is 12.9. The Morgan fingerprint density at radius 2 is 2.12 bits per heavy atom. The number of hydrogen-bond acceptors (Lipinski definition) is 4. The average Bonchev–Trinajstić information content (AvgIpc) is 3.24. The highest BCUT2D eigenvalue weighted by molar-refractivity contribution is 5.95. The van der Waals surface area contributed by atoms with Crippen molar-refractivity contribution >= 4 is 5.91 Å². The Balaban J connectivity index is 1.59. The largest absolute Gasteiger partial charge is 0.351 e. The Labute approximate surface area is 145 Å². The lowest BCUT2D eigenvalue weighted by Crippen LogP contribution is -2.38. The summed E-state index contributed by atoms with van der Waals surface area (Å²) in [7, 11) is 0. The van der Waals surface area contributed by atoms with Crippen molar-refractivity contribution in [3.8, 4) is 11.4 Å². The van der Waals surface area contributed by atoms with Crippen molar-refractivity contribution < 1.29 is 4.79 Å². The van der Waals surface area contributed by atoms with E-state index in [1.807, 2.05) is 36.2 Å². The van der Waals surface area contributed by atoms with Gasteiger partial charge in [0, 0.05) is 49.5 Å². The highest BCUT2D eigenvalue weighted by atomic mass is 16.2. The molecule has 0 radical (unpaired) electrons. The number of fused-ring (bicyclic) bond motifs is 1. The van der Waals surface area contributed by atoms with Gasteiger partial charge in [-0.05, 0) is 32.0 Å². The molecule has 3 aromatic heterocycles. The van der Waals surface area contributed by atoms with E-state index in [2.05, 4.69) is 31.2 Å². The first-order chi connectivity index (χ1) is 12.2. The number of nitrogens with zero attached hydrogens (tertiary/aromatic N) is 6. The average molecular weight is 336 g/mol. The second-order valence-electron chi connectivity index (χ2n) is 6.16. The lowest BCUT2D eigenvalue weighted by atomic mass is 10.2. The lowest BCUT2D eigenvalue weighted by molar-refractivity contribution is 0.0707. The minimum Gasteiger partial charge on any atom is -0.351 e. The number of amides is 1. The van der Waals surface area contributed by atoms with Crippen molar-refractivity contribution in [1.29, 1.82) is 0 Å². The standard InChI is InChI=1S/C18H20N6O/c1-3-22-8-6-15(13(22)2)18(25)23-9-10-24-16(12-23)20-21-17(24)14-5-4-7-19-11-14/h4-8,11H,3,9-10,12H2,1-2H3. The molecular weight excluding hydrogens is 316 g/mol. The molecular formula is C18H20N6O. The molecule has 0 N–H and O–H groups in total. The lowest BCUT2D eigenvalue weighted by Gasteiger charge is -2.28. The smallest absolute Gasteiger partial charge is 0.256 e. The molecule has 0 atom stereocenters. The van der Waals surface area contributed by atoms with Crippen molar-refractivity contribution in [2.75, 3.05) is 6.54 Å². The molecule has 7 heteroatoms. The van der Waals surface area contributed by atoms with Gasteiger partial charge in [0.25, 0.3) is 5.91 Å². The quantitative estimate of drug-likeness (QED) is 0.735. The molecule has 0 aliphatic carbocycles. The zero-order chi connectivity index (χ0) is 17.4. The van der Waals surface area contributed by atoms with E-state index >= 15 is 0 Å². The molecule has 0 fully saturated rings. The third-order valence-corrected chi connectivity index (χ3v) is 4.77. The van der Waals surface area contributed by atoms with Crippen LogP contribution < -0.4 is 0 Å². The first-order valence-electron chi connectivity index (χ1n) is 8.46. The number of pyridine rings is 1. The van der Waals surface area contributed by atoms with Gasteiger partial charge in [-0.25, -0.2) is 0 Å². The molecule has 3 aromatic rings. The Morgan fingerprint density at radius 3 is 2.84 bits per heavy atom. The monoisotopic (exact) mass is 336 g/mol. The van der Waals surface area contributed by atoms with Gasteiger partial charge >= 0.3 is 0 Å². The van der Waals surface area contributed by atoms with Crippen LogP contribution in [-0.4, -0.2) is 41.7 Å². The summed E-state index contributed by atoms with van der Waals surface area (Å²) >= 11 is 0. The zero-order valence-electron chi connectivity index (χ0n) is 14.4. The molecule has 1 aliphatic rings. The van der Waals surface area contributed by atoms with E-state index in [1.54, 1.807) is 12.4 Å². The SMILES string of the molecule is CCn1ccc(C(=O)N2CCn3c(nnc3-c3cccnc3)C2)c1C. The van der Waals surface area contributed by atoms with Crippen LogP contribution in [0.4, 0.5) is 0 Å². The highest BCUT2D eigenvalue weighted by Crippen LogP contribution is 2.22. The number of carbonyl (C=O) groups excluding carboxylic acids is 1. The van der Waals surface area contributed by atoms with E-state index < -0.39 is 0 Å². The van der Waals surface area contributed by atoms with Gasteiger partial charge in [-0.1, -0.05) is 0 Å². The molecule has 0 saturated carbocycles. The Bertz CT molecular complexity index is 911. The maximum absolute atomic E-state index is 12.9. The van der Waals surface area contributed by atoms with Crippen LogP contribution in [0.15, 0.2) is 36.8 Å². The number of aryl methyl sites for hydroxylation is 1. The molecule has 128 valence electrons. The summed E-state index contributed by atoms with van der Waals surface area (Å²) in [5.74, 6) is 1.68. The van der Waals surface area contributed by atoms with Crippen LogP contribution >= 0.6 is 0 Å². The fraction of sp³-hybridized carbons (Fsp3) is 0.333. The summed E-state index contributed by atoms with van der Waals surface area (Å²) in [5, 5.41) is 8.59. The summed E-state index contributed by atoms with van der Waals surface area (Å²) in [6, 6.07) is 5.76. The van der Waals surface area contributed by atoms with Crippen molar-refractivity contribution in [3.05, 3.63) is 53.9 Å². The highest BCUT2D eigenvalue weighted by Gasteiger charge is 2.27. The van der Waals surface area contributed by atoms with Gasteiger partial charge in [-0.15, -0.1) is 10.2 Å². The number of hydrogen-bond donors (Lipinski definition) is 0. The molecule has 0 aromatic carbocycles. The topological polar surface area (TPSA) is 68.8 Å². The van der Waals surface area contributed by atoms with Crippen molar-refractivity contribution in [2.45, 2.75) is 33.5 Å². The zero-order valence-corrected chi connectivity index (χ0v) is 14.4. The van der Waals surface area contributed by atoms with Crippen LogP contribution in [0.5, 0.6) is 0 Å². The molecule has 7 nitrogen and oxygen atoms in total. The fourth-order valence-electron chi connectivity index (χ4n) is 3.33. The molecule has 1 aliphatic heterocycles. The summed E-state index contributed by atoms with van der Waals surface area (Å²) in [5.41, 5.74) is 2.72. The van der Waals surface area contributed by atoms with Gasteiger partial charge in [0.1, 0.15) is 0 Å². The molecule has 25 heavy (non-hydrogen) atoms. The predicted octanol–water partition coefficient (Wildman–Crippen LogP) is 2.13. The summed E-state index contributed by atoms with van der Waals surface area (Å²) in [4.78, 5) is 18.9. The number of carbonyl (C=O) groups is 1. The van der Waals surface area contributed by atoms with Gasteiger partial charge in [-0.3, -0.25) is 9.78 Å². The first kappa shape index (κ1) is 15.6. The molecule has 1 amide bonds. The molecule has 4 heterocycles. The number of rotatable bonds is 3. The van der Waals surface area contributed by atoms with Crippen LogP contribution in [0.25, 0.3) is 11.4 Å². The molecule has 0 unspecified atom stereocenters. The van der Waals surface area contributed by atoms with E-state index in [0.29, 0.717) is 19.6 Å². The van der Waals surface area contributed by atoms with Gasteiger partial charge in [0.05, 0.1) is 12.1 Å². The first-order valence-corrected chi connectivity index (χ1v) is 8.46. The predicted molar refractivity (Wildman–Crippen MR) is 92.8 cm³/mol. The van der Waals surface area contributed by atoms with Crippen LogP contribution in [0.3, 0.4) is 0 Å². The van der Waals surface area contributed by atoms with Crippen LogP contribution in [0.1, 0.15) is 28.8 Å². The minimum atomic E-state index is 0.0573. The van der Waals surface area contributed by atoms with Gasteiger partial charge in [0.2, 0.25) is 0 Å². The van der Waals surface area contributed by atoms with Gasteiger partial charge < -0.3 is 14.0 Å². The minimum absolute atomic E-state index is 0.0573. The van der Waals surface area contributed by atoms with Crippen LogP contribution in [0.2, 0.25) is 0 Å². The van der Waals surface area contributed by atoms with Crippen molar-refractivity contribution in [3.63, 3.8) is 0 Å². The third kappa shape index (κ3) is 2.61. The summed E-state index contributed by atoms with van der Waals surface area (Å²) in [6.45, 7) is 6.73. The van der Waals surface area contributed by atoms with Crippen LogP contribution in [-0.2, 0) is 19.6 Å². The van der Waals surface area contributed by atoms with E-state index in [4.69, 9.17) is 0 Å². The molecule has 0 saturated heterocycles. The molecule has 0 spiro atoms. The van der Waals surface area contributed by atoms with E-state index in [-0.39, 0.29) is 5.91 Å². The Kier molecular flexibility index (Phi) is 3.83. The maximum Gasteiger partial charge on any atom is 0.256 e. The van der Waals surface area contributed by atoms with Crippen molar-refractivity contribution in [2.24, 2.45) is 0 Å². The van der Waals surface area contributed by atoms with Gasteiger partial charge in [0.15, 0.2) is 11.6 Å². The summed E-state index contributed by atoms with van der Waals surface area (Å²) in [6.07, 6.45) is 5.49. The van der Waals surface area contributed by atoms with Crippen LogP contribution in [0, 0.1) is 6.92 Å². The molecule has 0 bridgehead atoms. The molecule has 4 rings (SSSR count). The summed E-state index contributed by atoms with van der Waals surface area (Å²) < 4.78 is 4.16. The van der Waals surface area contributed by atoms with Crippen molar-refractivity contribution in [1.82, 2.24) is 29.2 Å². The number of aromatic nitrogens is 5. The fourth-order valence-corrected chi connectivity index (χ4v) is 3.33. The van der Waals surface area contributed by atoms with E-state index in [1.165, 1.54) is 0 Å². The second kappa shape index (κ2) is 6.16. The van der Waals surface area contributed by atoms with Gasteiger partial charge in [-0.2, -0.15) is 0 Å². The Morgan fingerprint density at radius 1 is 1.24 bits per heavy atom. The third-order valence-electron chi connectivity index (χ3n) is 4.77. The van der Waals surface area contributed by atoms with E-state index in [9.17, 15) is 4.79 Å². The normalized spacial score (nSPS) is 13.8. The second-order valence-corrected chi connectivity index (χ2v) is 6.16. The van der Waals surface area contributed by atoms with E-state index in [0.717, 1.165) is 35.0 Å². The Hall–Kier alpha value is -2.96.